The Bertz CT molecular complexity index is 392. The van der Waals surface area contributed by atoms with Gasteiger partial charge in [-0.3, -0.25) is 4.40 Å². The molecule has 0 saturated heterocycles. The van der Waals surface area contributed by atoms with Gasteiger partial charge in [-0.15, -0.1) is 11.3 Å². The normalized spacial score (nSPS) is 9.90. The number of hydrogen-bond donors (Lipinski definition) is 0. The van der Waals surface area contributed by atoms with Crippen molar-refractivity contribution in [2.75, 3.05) is 0 Å². The summed E-state index contributed by atoms with van der Waals surface area (Å²) in [5.74, 6) is 0. The Hall–Kier alpha value is -1.34. The fraction of sp³-hybridized carbons (Fsp3) is 0. The number of aromatic nitrogens is 2. The first-order valence-corrected chi connectivity index (χ1v) is 3.60. The number of imidazole rings is 1. The van der Waals surface area contributed by atoms with Gasteiger partial charge >= 0.3 is 0 Å². The van der Waals surface area contributed by atoms with Crippen LogP contribution in [0.3, 0.4) is 0 Å². The number of fused-ring (bicyclic) bond motifs is 1. The van der Waals surface area contributed by atoms with Gasteiger partial charge in [0.25, 0.3) is 0 Å². The van der Waals surface area contributed by atoms with Gasteiger partial charge in [0, 0.05) is 11.6 Å². The lowest BCUT2D eigenvalue weighted by Gasteiger charge is -1.79. The van der Waals surface area contributed by atoms with E-state index < -0.39 is 0 Å². The summed E-state index contributed by atoms with van der Waals surface area (Å²) in [5, 5.41) is 10.4. The van der Waals surface area contributed by atoms with E-state index in [2.05, 4.69) is 4.98 Å². The third-order valence-electron chi connectivity index (χ3n) is 1.26. The van der Waals surface area contributed by atoms with Crippen LogP contribution in [0.25, 0.3) is 4.96 Å². The first-order chi connectivity index (χ1) is 4.92. The number of thiazole rings is 1. The van der Waals surface area contributed by atoms with Crippen molar-refractivity contribution >= 4 is 16.3 Å². The zero-order valence-electron chi connectivity index (χ0n) is 4.98. The summed E-state index contributed by atoms with van der Waals surface area (Å²) in [7, 11) is 0. The van der Waals surface area contributed by atoms with E-state index in [1.54, 1.807) is 10.6 Å². The van der Waals surface area contributed by atoms with Crippen molar-refractivity contribution in [2.45, 2.75) is 0 Å². The standard InChI is InChI=1S/C6H3N3S/c7-3-5-4-8-6-9(5)1-2-10-6/h1-2,4H. The predicted octanol–water partition coefficient (Wildman–Crippen LogP) is 1.27. The van der Waals surface area contributed by atoms with E-state index in [0.29, 0.717) is 5.69 Å². The van der Waals surface area contributed by atoms with Crippen LogP contribution in [0.5, 0.6) is 0 Å². The Morgan fingerprint density at radius 3 is 3.40 bits per heavy atom. The van der Waals surface area contributed by atoms with Crippen LogP contribution in [0, 0.1) is 11.3 Å². The lowest BCUT2D eigenvalue weighted by atomic mass is 10.5. The van der Waals surface area contributed by atoms with E-state index in [1.165, 1.54) is 11.3 Å². The molecule has 0 aliphatic heterocycles. The van der Waals surface area contributed by atoms with E-state index in [9.17, 15) is 0 Å². The molecule has 0 aliphatic rings. The molecule has 0 fully saturated rings. The topological polar surface area (TPSA) is 41.1 Å². The van der Waals surface area contributed by atoms with Crippen LogP contribution in [0.4, 0.5) is 0 Å². The van der Waals surface area contributed by atoms with Crippen molar-refractivity contribution in [1.29, 1.82) is 5.26 Å². The molecule has 0 radical (unpaired) electrons. The van der Waals surface area contributed by atoms with Crippen LogP contribution >= 0.6 is 11.3 Å². The molecule has 0 unspecified atom stereocenters. The summed E-state index contributed by atoms with van der Waals surface area (Å²) in [6, 6.07) is 2.04. The minimum absolute atomic E-state index is 0.594. The van der Waals surface area contributed by atoms with E-state index in [1.807, 2.05) is 17.6 Å². The molecule has 2 heterocycles. The second-order valence-electron chi connectivity index (χ2n) is 1.81. The van der Waals surface area contributed by atoms with E-state index >= 15 is 0 Å². The van der Waals surface area contributed by atoms with Crippen molar-refractivity contribution < 1.29 is 0 Å². The molecule has 3 nitrogen and oxygen atoms in total. The Morgan fingerprint density at radius 2 is 2.60 bits per heavy atom. The van der Waals surface area contributed by atoms with Gasteiger partial charge in [-0.25, -0.2) is 4.98 Å². The molecular weight excluding hydrogens is 146 g/mol. The highest BCUT2D eigenvalue weighted by Gasteiger charge is 2.00. The van der Waals surface area contributed by atoms with Gasteiger partial charge in [0.15, 0.2) is 4.96 Å². The first kappa shape index (κ1) is 5.45. The lowest BCUT2D eigenvalue weighted by molar-refractivity contribution is 1.19. The Labute approximate surface area is 61.2 Å². The molecule has 0 bridgehead atoms. The van der Waals surface area contributed by atoms with Gasteiger partial charge < -0.3 is 0 Å². The molecule has 0 aliphatic carbocycles. The summed E-state index contributed by atoms with van der Waals surface area (Å²) in [4.78, 5) is 4.88. The maximum atomic E-state index is 8.54. The summed E-state index contributed by atoms with van der Waals surface area (Å²) < 4.78 is 1.77. The minimum atomic E-state index is 0.594. The van der Waals surface area contributed by atoms with E-state index in [0.717, 1.165) is 4.96 Å². The van der Waals surface area contributed by atoms with Crippen LogP contribution in [-0.2, 0) is 0 Å². The number of nitriles is 1. The van der Waals surface area contributed by atoms with Crippen molar-refractivity contribution in [1.82, 2.24) is 9.38 Å². The molecule has 0 amide bonds. The smallest absolute Gasteiger partial charge is 0.194 e. The SMILES string of the molecule is N#Cc1cnc2sccn12. The maximum absolute atomic E-state index is 8.54. The largest absolute Gasteiger partial charge is 0.282 e. The van der Waals surface area contributed by atoms with E-state index in [-0.39, 0.29) is 0 Å². The highest BCUT2D eigenvalue weighted by atomic mass is 32.1. The number of hydrogen-bond acceptors (Lipinski definition) is 3. The van der Waals surface area contributed by atoms with Crippen LogP contribution in [0.1, 0.15) is 5.69 Å². The zero-order valence-corrected chi connectivity index (χ0v) is 5.80. The molecule has 2 aromatic heterocycles. The predicted molar refractivity (Wildman–Crippen MR) is 37.8 cm³/mol. The molecule has 0 N–H and O–H groups in total. The van der Waals surface area contributed by atoms with Gasteiger partial charge in [0.2, 0.25) is 0 Å². The quantitative estimate of drug-likeness (QED) is 0.566. The summed E-state index contributed by atoms with van der Waals surface area (Å²) >= 11 is 1.52. The Balaban J connectivity index is 2.92. The summed E-state index contributed by atoms with van der Waals surface area (Å²) in [6.07, 6.45) is 3.41. The average molecular weight is 149 g/mol. The molecule has 2 aromatic rings. The second-order valence-corrected chi connectivity index (χ2v) is 2.68. The van der Waals surface area contributed by atoms with Gasteiger partial charge in [-0.1, -0.05) is 0 Å². The van der Waals surface area contributed by atoms with Crippen LogP contribution in [0.15, 0.2) is 17.8 Å². The Kier molecular flexibility index (Phi) is 0.992. The number of nitrogens with zero attached hydrogens (tertiary/aromatic N) is 3. The van der Waals surface area contributed by atoms with Crippen LogP contribution < -0.4 is 0 Å². The summed E-state index contributed by atoms with van der Waals surface area (Å²) in [6.45, 7) is 0. The lowest BCUT2D eigenvalue weighted by Crippen LogP contribution is -1.78. The van der Waals surface area contributed by atoms with Gasteiger partial charge in [0.1, 0.15) is 11.8 Å². The fourth-order valence-corrected chi connectivity index (χ4v) is 1.50. The van der Waals surface area contributed by atoms with Crippen molar-refractivity contribution in [3.8, 4) is 6.07 Å². The fourth-order valence-electron chi connectivity index (χ4n) is 0.810. The molecule has 0 saturated carbocycles. The van der Waals surface area contributed by atoms with E-state index in [4.69, 9.17) is 5.26 Å². The van der Waals surface area contributed by atoms with Gasteiger partial charge in [-0.2, -0.15) is 5.26 Å². The Morgan fingerprint density at radius 1 is 1.70 bits per heavy atom. The maximum Gasteiger partial charge on any atom is 0.194 e. The van der Waals surface area contributed by atoms with Crippen LogP contribution in [-0.4, -0.2) is 9.38 Å². The third kappa shape index (κ3) is 0.552. The number of rotatable bonds is 0. The highest BCUT2D eigenvalue weighted by molar-refractivity contribution is 7.15. The third-order valence-corrected chi connectivity index (χ3v) is 2.03. The molecule has 2 rings (SSSR count). The molecule has 0 aromatic carbocycles. The molecule has 10 heavy (non-hydrogen) atoms. The average Bonchev–Trinajstić information content (AvgIpc) is 2.44. The van der Waals surface area contributed by atoms with Crippen molar-refractivity contribution in [3.63, 3.8) is 0 Å². The van der Waals surface area contributed by atoms with Crippen molar-refractivity contribution in [3.05, 3.63) is 23.5 Å². The molecular formula is C6H3N3S. The van der Waals surface area contributed by atoms with Gasteiger partial charge in [0.05, 0.1) is 6.20 Å². The zero-order chi connectivity index (χ0) is 6.97. The summed E-state index contributed by atoms with van der Waals surface area (Å²) in [5.41, 5.74) is 0.594. The van der Waals surface area contributed by atoms with Crippen molar-refractivity contribution in [2.24, 2.45) is 0 Å². The monoisotopic (exact) mass is 149 g/mol. The second kappa shape index (κ2) is 1.82. The van der Waals surface area contributed by atoms with Crippen LogP contribution in [0.2, 0.25) is 0 Å². The highest BCUT2D eigenvalue weighted by Crippen LogP contribution is 2.10. The molecule has 4 heteroatoms. The first-order valence-electron chi connectivity index (χ1n) is 2.72. The molecule has 0 atom stereocenters. The minimum Gasteiger partial charge on any atom is -0.282 e. The molecule has 0 spiro atoms. The molecule has 48 valence electrons. The van der Waals surface area contributed by atoms with Gasteiger partial charge in [-0.05, 0) is 0 Å².